The van der Waals surface area contributed by atoms with Crippen molar-refractivity contribution in [2.75, 3.05) is 26.2 Å². The predicted octanol–water partition coefficient (Wildman–Crippen LogP) is -2.58. The molecule has 12 heavy (non-hydrogen) atoms. The Bertz CT molecular complexity index is 145. The number of nitrogens with zero attached hydrogens (tertiary/aromatic N) is 1. The van der Waals surface area contributed by atoms with E-state index in [0.717, 1.165) is 19.1 Å². The van der Waals surface area contributed by atoms with Gasteiger partial charge in [-0.1, -0.05) is 0 Å². The molecule has 0 aliphatic carbocycles. The molecule has 0 atom stereocenters. The molecule has 0 radical (unpaired) electrons. The normalized spacial score (nSPS) is 25.7. The van der Waals surface area contributed by atoms with Crippen LogP contribution in [0.2, 0.25) is 0 Å². The summed E-state index contributed by atoms with van der Waals surface area (Å²) in [7, 11) is 0. The number of piperidine rings is 1. The van der Waals surface area contributed by atoms with Crippen LogP contribution < -0.4 is 63.5 Å². The standard InChI is InChI=1S/C9H15N2.Rb/c1-2-8-11(7-1)9-3-5-10-6-4-9;/h1,9-10H,3-8H2;/q-1;+1. The van der Waals surface area contributed by atoms with Gasteiger partial charge >= 0.3 is 58.2 Å². The maximum atomic E-state index is 3.38. The third-order valence-electron chi connectivity index (χ3n) is 2.59. The largest absolute Gasteiger partial charge is 1.00 e. The monoisotopic (exact) mass is 236 g/mol. The molecule has 0 spiro atoms. The molecule has 0 aromatic heterocycles. The minimum atomic E-state index is 0. The minimum Gasteiger partial charge on any atom is -0.485 e. The Balaban J connectivity index is 0.000000720. The second-order valence-corrected chi connectivity index (χ2v) is 3.32. The minimum absolute atomic E-state index is 0. The summed E-state index contributed by atoms with van der Waals surface area (Å²) >= 11 is 0. The first-order chi connectivity index (χ1) is 5.47. The van der Waals surface area contributed by atoms with Gasteiger partial charge < -0.3 is 16.3 Å². The summed E-state index contributed by atoms with van der Waals surface area (Å²) in [5.74, 6) is 0. The fraction of sp³-hybridized carbons (Fsp3) is 0.778. The smallest absolute Gasteiger partial charge is 0.485 e. The van der Waals surface area contributed by atoms with E-state index in [1.165, 1.54) is 25.9 Å². The van der Waals surface area contributed by atoms with Gasteiger partial charge in [0.2, 0.25) is 0 Å². The van der Waals surface area contributed by atoms with Gasteiger partial charge in [-0.2, -0.15) is 0 Å². The fourth-order valence-corrected chi connectivity index (χ4v) is 1.88. The Hall–Kier alpha value is 1.47. The second-order valence-electron chi connectivity index (χ2n) is 3.32. The van der Waals surface area contributed by atoms with Crippen LogP contribution in [-0.4, -0.2) is 37.1 Å². The van der Waals surface area contributed by atoms with E-state index in [1.807, 2.05) is 0 Å². The fourth-order valence-electron chi connectivity index (χ4n) is 1.88. The van der Waals surface area contributed by atoms with Crippen LogP contribution in [0.4, 0.5) is 0 Å². The van der Waals surface area contributed by atoms with Gasteiger partial charge in [0, 0.05) is 6.04 Å². The van der Waals surface area contributed by atoms with E-state index in [-0.39, 0.29) is 58.2 Å². The molecule has 0 bridgehead atoms. The van der Waals surface area contributed by atoms with Crippen molar-refractivity contribution in [3.8, 4) is 0 Å². The van der Waals surface area contributed by atoms with Crippen LogP contribution in [0.25, 0.3) is 0 Å². The summed E-state index contributed by atoms with van der Waals surface area (Å²) in [5.41, 5.74) is 0. The Morgan fingerprint density at radius 1 is 1.33 bits per heavy atom. The van der Waals surface area contributed by atoms with E-state index in [2.05, 4.69) is 22.4 Å². The molecule has 0 saturated carbocycles. The molecule has 0 unspecified atom stereocenters. The van der Waals surface area contributed by atoms with E-state index >= 15 is 0 Å². The Labute approximate surface area is 124 Å². The van der Waals surface area contributed by atoms with E-state index in [1.54, 1.807) is 0 Å². The van der Waals surface area contributed by atoms with Crippen molar-refractivity contribution in [1.82, 2.24) is 10.2 Å². The first-order valence-electron chi connectivity index (χ1n) is 4.46. The Kier molecular flexibility index (Phi) is 5.81. The predicted molar refractivity (Wildman–Crippen MR) is 45.3 cm³/mol. The van der Waals surface area contributed by atoms with E-state index in [0.29, 0.717) is 0 Å². The molecule has 62 valence electrons. The van der Waals surface area contributed by atoms with Gasteiger partial charge in [-0.3, -0.25) is 6.08 Å². The van der Waals surface area contributed by atoms with Crippen LogP contribution in [0.15, 0.2) is 6.08 Å². The summed E-state index contributed by atoms with van der Waals surface area (Å²) in [6, 6.07) is 0.822. The van der Waals surface area contributed by atoms with Gasteiger partial charge in [-0.15, -0.1) is 6.54 Å². The first-order valence-corrected chi connectivity index (χ1v) is 4.46. The molecule has 1 saturated heterocycles. The van der Waals surface area contributed by atoms with Crippen LogP contribution in [0.3, 0.4) is 0 Å². The van der Waals surface area contributed by atoms with Crippen molar-refractivity contribution in [2.45, 2.75) is 18.9 Å². The molecular weight excluding hydrogens is 222 g/mol. The zero-order chi connectivity index (χ0) is 7.52. The molecular formula is C9H15N2Rb. The van der Waals surface area contributed by atoms with Crippen molar-refractivity contribution >= 4 is 0 Å². The molecule has 2 rings (SSSR count). The second kappa shape index (κ2) is 6.04. The Morgan fingerprint density at radius 2 is 2.08 bits per heavy atom. The summed E-state index contributed by atoms with van der Waals surface area (Å²) in [6.07, 6.45) is 8.03. The zero-order valence-electron chi connectivity index (χ0n) is 7.84. The van der Waals surface area contributed by atoms with Crippen molar-refractivity contribution in [1.29, 1.82) is 0 Å². The summed E-state index contributed by atoms with van der Waals surface area (Å²) in [4.78, 5) is 2.51. The molecule has 0 amide bonds. The number of rotatable bonds is 1. The van der Waals surface area contributed by atoms with Gasteiger partial charge in [0.05, 0.1) is 0 Å². The molecule has 2 aliphatic rings. The average Bonchev–Trinajstić information content (AvgIpc) is 2.58. The third kappa shape index (κ3) is 3.00. The Morgan fingerprint density at radius 3 is 2.67 bits per heavy atom. The number of hydrogen-bond donors (Lipinski definition) is 1. The maximum Gasteiger partial charge on any atom is 1.00 e. The van der Waals surface area contributed by atoms with Gasteiger partial charge in [-0.05, 0) is 32.5 Å². The summed E-state index contributed by atoms with van der Waals surface area (Å²) in [6.45, 7) is 4.58. The molecule has 3 heteroatoms. The molecule has 0 aromatic carbocycles. The summed E-state index contributed by atoms with van der Waals surface area (Å²) < 4.78 is 0. The van der Waals surface area contributed by atoms with Gasteiger partial charge in [0.15, 0.2) is 0 Å². The molecule has 1 N–H and O–H groups in total. The van der Waals surface area contributed by atoms with Crippen molar-refractivity contribution in [3.63, 3.8) is 0 Å². The van der Waals surface area contributed by atoms with E-state index in [9.17, 15) is 0 Å². The van der Waals surface area contributed by atoms with Crippen molar-refractivity contribution in [3.05, 3.63) is 12.2 Å². The van der Waals surface area contributed by atoms with Crippen LogP contribution in [0.1, 0.15) is 12.8 Å². The van der Waals surface area contributed by atoms with Gasteiger partial charge in [0.25, 0.3) is 0 Å². The molecule has 2 nitrogen and oxygen atoms in total. The van der Waals surface area contributed by atoms with Crippen LogP contribution in [0, 0.1) is 6.08 Å². The SMILES string of the molecule is [C-]1=CCN(C2CCNCC2)C1.[Rb+]. The van der Waals surface area contributed by atoms with Crippen LogP contribution in [0.5, 0.6) is 0 Å². The molecule has 2 aliphatic heterocycles. The van der Waals surface area contributed by atoms with Crippen molar-refractivity contribution < 1.29 is 58.2 Å². The molecule has 2 heterocycles. The average molecular weight is 237 g/mol. The van der Waals surface area contributed by atoms with Crippen LogP contribution >= 0.6 is 0 Å². The van der Waals surface area contributed by atoms with Gasteiger partial charge in [-0.25, -0.2) is 0 Å². The quantitative estimate of drug-likeness (QED) is 0.503. The summed E-state index contributed by atoms with van der Waals surface area (Å²) in [5, 5.41) is 3.38. The molecule has 0 aromatic rings. The first kappa shape index (κ1) is 11.5. The van der Waals surface area contributed by atoms with Crippen molar-refractivity contribution in [2.24, 2.45) is 0 Å². The third-order valence-corrected chi connectivity index (χ3v) is 2.59. The van der Waals surface area contributed by atoms with Crippen LogP contribution in [-0.2, 0) is 0 Å². The number of nitrogens with one attached hydrogen (secondary N) is 1. The maximum absolute atomic E-state index is 3.38. The molecule has 1 fully saturated rings. The topological polar surface area (TPSA) is 15.3 Å². The van der Waals surface area contributed by atoms with E-state index < -0.39 is 0 Å². The number of hydrogen-bond acceptors (Lipinski definition) is 2. The zero-order valence-corrected chi connectivity index (χ0v) is 12.8. The van der Waals surface area contributed by atoms with Gasteiger partial charge in [0.1, 0.15) is 0 Å². The van der Waals surface area contributed by atoms with E-state index in [4.69, 9.17) is 0 Å².